The summed E-state index contributed by atoms with van der Waals surface area (Å²) in [5.41, 5.74) is 3.91. The summed E-state index contributed by atoms with van der Waals surface area (Å²) in [6, 6.07) is 4.10. The molecule has 2 aromatic rings. The monoisotopic (exact) mass is 444 g/mol. The molecule has 1 atom stereocenters. The van der Waals surface area contributed by atoms with Crippen LogP contribution in [-0.4, -0.2) is 16.2 Å². The predicted octanol–water partition coefficient (Wildman–Crippen LogP) is 5.57. The molecule has 0 fully saturated rings. The third-order valence-electron chi connectivity index (χ3n) is 4.81. The van der Waals surface area contributed by atoms with Crippen molar-refractivity contribution in [2.75, 3.05) is 6.26 Å². The summed E-state index contributed by atoms with van der Waals surface area (Å²) < 4.78 is 7.35. The number of thioether (sulfide) groups is 1. The van der Waals surface area contributed by atoms with Crippen molar-refractivity contribution in [1.82, 2.24) is 9.97 Å². The van der Waals surface area contributed by atoms with E-state index in [0.29, 0.717) is 23.3 Å². The van der Waals surface area contributed by atoms with Crippen LogP contribution in [0.15, 0.2) is 21.8 Å². The normalized spacial score (nSPS) is 22.3. The molecule has 1 aliphatic carbocycles. The first-order valence-corrected chi connectivity index (χ1v) is 10.5. The van der Waals surface area contributed by atoms with E-state index in [4.69, 9.17) is 32.9 Å². The van der Waals surface area contributed by atoms with Crippen LogP contribution in [0.5, 0.6) is 0 Å². The Bertz CT molecular complexity index is 833. The molecule has 2 heterocycles. The van der Waals surface area contributed by atoms with Crippen LogP contribution in [0.1, 0.15) is 35.2 Å². The molecule has 0 radical (unpaired) electrons. The van der Waals surface area contributed by atoms with Gasteiger partial charge in [0.05, 0.1) is 17.9 Å². The van der Waals surface area contributed by atoms with Gasteiger partial charge in [0.15, 0.2) is 5.16 Å². The lowest BCUT2D eigenvalue weighted by molar-refractivity contribution is -0.0858. The molecule has 0 saturated carbocycles. The van der Waals surface area contributed by atoms with Crippen molar-refractivity contribution in [3.63, 3.8) is 0 Å². The molecular weight excluding hydrogens is 431 g/mol. The Morgan fingerprint density at radius 1 is 1.25 bits per heavy atom. The molecule has 3 nitrogen and oxygen atoms in total. The van der Waals surface area contributed by atoms with Gasteiger partial charge >= 0.3 is 0 Å². The van der Waals surface area contributed by atoms with Crippen LogP contribution in [0, 0.1) is 0 Å². The molecule has 0 bridgehead atoms. The fourth-order valence-electron chi connectivity index (χ4n) is 3.67. The van der Waals surface area contributed by atoms with Crippen molar-refractivity contribution in [2.24, 2.45) is 0 Å². The Labute approximate surface area is 163 Å². The zero-order valence-corrected chi connectivity index (χ0v) is 16.9. The first kappa shape index (κ1) is 17.1. The van der Waals surface area contributed by atoms with Crippen molar-refractivity contribution in [3.05, 3.63) is 49.2 Å². The molecule has 1 unspecified atom stereocenters. The Hall–Kier alpha value is -0.330. The summed E-state index contributed by atoms with van der Waals surface area (Å²) in [6.45, 7) is 0.437. The zero-order chi connectivity index (χ0) is 16.9. The van der Waals surface area contributed by atoms with Crippen LogP contribution in [0.4, 0.5) is 0 Å². The minimum absolute atomic E-state index is 0.374. The highest BCUT2D eigenvalue weighted by Crippen LogP contribution is 2.47. The lowest BCUT2D eigenvalue weighted by Gasteiger charge is -2.42. The second-order valence-electron chi connectivity index (χ2n) is 6.15. The Morgan fingerprint density at radius 2 is 2.08 bits per heavy atom. The van der Waals surface area contributed by atoms with Gasteiger partial charge in [-0.25, -0.2) is 9.97 Å². The smallest absolute Gasteiger partial charge is 0.188 e. The van der Waals surface area contributed by atoms with E-state index in [-0.39, 0.29) is 5.60 Å². The van der Waals surface area contributed by atoms with Gasteiger partial charge in [0, 0.05) is 21.5 Å². The number of hydrogen-bond donors (Lipinski definition) is 0. The van der Waals surface area contributed by atoms with Gasteiger partial charge in [0.2, 0.25) is 0 Å². The van der Waals surface area contributed by atoms with Crippen molar-refractivity contribution >= 4 is 50.9 Å². The van der Waals surface area contributed by atoms with Crippen molar-refractivity contribution in [3.8, 4) is 0 Å². The van der Waals surface area contributed by atoms with Crippen LogP contribution < -0.4 is 0 Å². The molecule has 24 heavy (non-hydrogen) atoms. The van der Waals surface area contributed by atoms with Gasteiger partial charge in [-0.15, -0.1) is 0 Å². The van der Waals surface area contributed by atoms with Crippen molar-refractivity contribution in [2.45, 2.75) is 43.0 Å². The maximum absolute atomic E-state index is 6.49. The van der Waals surface area contributed by atoms with Gasteiger partial charge in [0.25, 0.3) is 0 Å². The van der Waals surface area contributed by atoms with E-state index in [1.807, 2.05) is 12.3 Å². The van der Waals surface area contributed by atoms with E-state index in [1.54, 1.807) is 0 Å². The molecule has 0 amide bonds. The van der Waals surface area contributed by atoms with Crippen molar-refractivity contribution in [1.29, 1.82) is 0 Å². The third kappa shape index (κ3) is 2.78. The Balaban J connectivity index is 1.84. The molecule has 1 spiro atoms. The molecule has 0 saturated heterocycles. The van der Waals surface area contributed by atoms with Crippen molar-refractivity contribution < 1.29 is 4.74 Å². The molecule has 126 valence electrons. The second kappa shape index (κ2) is 6.44. The molecule has 0 N–H and O–H groups in total. The van der Waals surface area contributed by atoms with Crippen LogP contribution in [0.2, 0.25) is 10.2 Å². The molecular formula is C17H15BrCl2N2OS. The fraction of sp³-hybridized carbons (Fsp3) is 0.412. The largest absolute Gasteiger partial charge is 0.365 e. The Kier molecular flexibility index (Phi) is 4.59. The summed E-state index contributed by atoms with van der Waals surface area (Å²) in [5, 5.41) is 2.01. The minimum Gasteiger partial charge on any atom is -0.365 e. The molecule has 4 rings (SSSR count). The highest BCUT2D eigenvalue weighted by atomic mass is 79.9. The van der Waals surface area contributed by atoms with Gasteiger partial charge in [-0.1, -0.05) is 50.9 Å². The van der Waals surface area contributed by atoms with Crippen LogP contribution in [0.25, 0.3) is 0 Å². The first-order valence-electron chi connectivity index (χ1n) is 7.74. The van der Waals surface area contributed by atoms with Crippen LogP contribution in [0.3, 0.4) is 0 Å². The van der Waals surface area contributed by atoms with E-state index in [0.717, 1.165) is 40.0 Å². The van der Waals surface area contributed by atoms with Gasteiger partial charge in [0.1, 0.15) is 5.15 Å². The van der Waals surface area contributed by atoms with E-state index in [9.17, 15) is 0 Å². The minimum atomic E-state index is -0.374. The van der Waals surface area contributed by atoms with E-state index in [2.05, 4.69) is 27.0 Å². The number of rotatable bonds is 1. The summed E-state index contributed by atoms with van der Waals surface area (Å²) in [7, 11) is 0. The summed E-state index contributed by atoms with van der Waals surface area (Å²) in [4.78, 5) is 9.02. The summed E-state index contributed by atoms with van der Waals surface area (Å²) in [6.07, 6.45) is 5.66. The summed E-state index contributed by atoms with van der Waals surface area (Å²) in [5.74, 6) is 0. The quantitative estimate of drug-likeness (QED) is 0.326. The maximum atomic E-state index is 6.49. The number of aromatic nitrogens is 2. The second-order valence-corrected chi connectivity index (χ2v) is 8.61. The highest BCUT2D eigenvalue weighted by molar-refractivity contribution is 9.10. The SMILES string of the molecule is CSc1nc(Cl)c2c(n1)CC1(CCCc3c(Cl)cc(Br)cc31)OC2. The van der Waals surface area contributed by atoms with Gasteiger partial charge in [-0.3, -0.25) is 0 Å². The lowest BCUT2D eigenvalue weighted by Crippen LogP contribution is -2.40. The van der Waals surface area contributed by atoms with E-state index in [1.165, 1.54) is 22.9 Å². The average Bonchev–Trinajstić information content (AvgIpc) is 2.55. The highest BCUT2D eigenvalue weighted by Gasteiger charge is 2.43. The van der Waals surface area contributed by atoms with E-state index >= 15 is 0 Å². The Morgan fingerprint density at radius 3 is 2.88 bits per heavy atom. The molecule has 1 aromatic heterocycles. The average molecular weight is 446 g/mol. The third-order valence-corrected chi connectivity index (χ3v) is 6.46. The molecule has 1 aliphatic heterocycles. The number of ether oxygens (including phenoxy) is 1. The van der Waals surface area contributed by atoms with Gasteiger partial charge in [-0.05, 0) is 48.8 Å². The maximum Gasteiger partial charge on any atom is 0.188 e. The predicted molar refractivity (Wildman–Crippen MR) is 101 cm³/mol. The number of halogens is 3. The first-order chi connectivity index (χ1) is 11.5. The molecule has 2 aliphatic rings. The van der Waals surface area contributed by atoms with Gasteiger partial charge in [-0.2, -0.15) is 0 Å². The number of hydrogen-bond acceptors (Lipinski definition) is 4. The van der Waals surface area contributed by atoms with Gasteiger partial charge < -0.3 is 4.74 Å². The van der Waals surface area contributed by atoms with E-state index < -0.39 is 0 Å². The number of benzene rings is 1. The summed E-state index contributed by atoms with van der Waals surface area (Å²) >= 11 is 17.9. The fourth-order valence-corrected chi connectivity index (χ4v) is 5.25. The van der Waals surface area contributed by atoms with Crippen LogP contribution in [-0.2, 0) is 29.8 Å². The topological polar surface area (TPSA) is 35.0 Å². The number of fused-ring (bicyclic) bond motifs is 3. The molecule has 1 aromatic carbocycles. The van der Waals surface area contributed by atoms with Crippen LogP contribution >= 0.6 is 50.9 Å². The lowest BCUT2D eigenvalue weighted by atomic mass is 9.75. The standard InChI is InChI=1S/C17H15BrCl2N2OS/c1-24-16-21-14-7-17(23-8-11(14)15(20)22-16)4-2-3-10-12(17)5-9(18)6-13(10)19/h5-6H,2-4,7-8H2,1H3. The number of nitrogens with zero attached hydrogens (tertiary/aromatic N) is 2. The zero-order valence-electron chi connectivity index (χ0n) is 13.0. The molecule has 7 heteroatoms.